The summed E-state index contributed by atoms with van der Waals surface area (Å²) in [6.07, 6.45) is 7.12. The standard InChI is InChI=1S/C26H32N4O2.C2H7N/c1-18-25(31-17-20-3-4-20)10-8-23-24(28-32-26(18)23)9-5-19-11-13-30(14-12-19)16-22-7-6-21(15-27)29(22)2;1-3-2/h6-8,10,19-20H,3-5,9,11-14,16-17H2,1-2H3;3H,1-2H3. The smallest absolute Gasteiger partial charge is 0.173 e. The third kappa shape index (κ3) is 6.25. The number of hydrogen-bond acceptors (Lipinski definition) is 6. The van der Waals surface area contributed by atoms with Crippen LogP contribution >= 0.6 is 0 Å². The predicted octanol–water partition coefficient (Wildman–Crippen LogP) is 4.82. The number of ether oxygens (including phenoxy) is 1. The van der Waals surface area contributed by atoms with E-state index in [2.05, 4.69) is 46.6 Å². The number of likely N-dealkylation sites (tertiary alicyclic amines) is 1. The molecule has 188 valence electrons. The second-order valence-corrected chi connectivity index (χ2v) is 10.1. The van der Waals surface area contributed by atoms with E-state index in [1.165, 1.54) is 31.4 Å². The van der Waals surface area contributed by atoms with Crippen LogP contribution in [0.15, 0.2) is 28.8 Å². The summed E-state index contributed by atoms with van der Waals surface area (Å²) < 4.78 is 13.7. The highest BCUT2D eigenvalue weighted by Crippen LogP contribution is 2.34. The van der Waals surface area contributed by atoms with Crippen LogP contribution in [0.25, 0.3) is 11.0 Å². The molecule has 2 fully saturated rings. The molecule has 7 nitrogen and oxygen atoms in total. The average molecular weight is 478 g/mol. The Morgan fingerprint density at radius 3 is 2.51 bits per heavy atom. The van der Waals surface area contributed by atoms with E-state index in [1.807, 2.05) is 31.8 Å². The maximum Gasteiger partial charge on any atom is 0.173 e. The summed E-state index contributed by atoms with van der Waals surface area (Å²) in [7, 11) is 5.73. The van der Waals surface area contributed by atoms with Gasteiger partial charge in [-0.05, 0) is 109 Å². The molecule has 1 N–H and O–H groups in total. The van der Waals surface area contributed by atoms with Gasteiger partial charge < -0.3 is 19.1 Å². The quantitative estimate of drug-likeness (QED) is 0.501. The zero-order valence-electron chi connectivity index (χ0n) is 21.6. The minimum Gasteiger partial charge on any atom is -0.493 e. The van der Waals surface area contributed by atoms with Crippen LogP contribution in [-0.4, -0.2) is 48.4 Å². The van der Waals surface area contributed by atoms with Crippen LogP contribution in [-0.2, 0) is 20.0 Å². The van der Waals surface area contributed by atoms with Gasteiger partial charge in [0.15, 0.2) is 5.58 Å². The van der Waals surface area contributed by atoms with E-state index in [4.69, 9.17) is 14.5 Å². The fourth-order valence-electron chi connectivity index (χ4n) is 4.82. The molecule has 0 radical (unpaired) electrons. The molecular weight excluding hydrogens is 438 g/mol. The van der Waals surface area contributed by atoms with Crippen molar-refractivity contribution in [2.75, 3.05) is 33.8 Å². The number of fused-ring (bicyclic) bond motifs is 1. The van der Waals surface area contributed by atoms with Crippen LogP contribution in [0.1, 0.15) is 54.7 Å². The maximum absolute atomic E-state index is 9.15. The summed E-state index contributed by atoms with van der Waals surface area (Å²) in [6.45, 7) is 6.02. The molecule has 35 heavy (non-hydrogen) atoms. The first-order chi connectivity index (χ1) is 17.0. The van der Waals surface area contributed by atoms with Gasteiger partial charge in [-0.25, -0.2) is 0 Å². The van der Waals surface area contributed by atoms with Crippen molar-refractivity contribution in [2.45, 2.75) is 52.0 Å². The van der Waals surface area contributed by atoms with E-state index >= 15 is 0 Å². The number of aryl methyl sites for hydroxylation is 2. The Hall–Kier alpha value is -2.82. The molecule has 0 spiro atoms. The van der Waals surface area contributed by atoms with Gasteiger partial charge in [0.25, 0.3) is 0 Å². The molecule has 7 heteroatoms. The van der Waals surface area contributed by atoms with E-state index in [1.54, 1.807) is 0 Å². The van der Waals surface area contributed by atoms with Crippen molar-refractivity contribution < 1.29 is 9.26 Å². The summed E-state index contributed by atoms with van der Waals surface area (Å²) in [5.41, 5.74) is 4.96. The first-order valence-corrected chi connectivity index (χ1v) is 12.9. The van der Waals surface area contributed by atoms with E-state index in [0.29, 0.717) is 0 Å². The van der Waals surface area contributed by atoms with Crippen LogP contribution in [0.5, 0.6) is 5.75 Å². The lowest BCUT2D eigenvalue weighted by atomic mass is 9.91. The van der Waals surface area contributed by atoms with Gasteiger partial charge in [-0.3, -0.25) is 4.90 Å². The van der Waals surface area contributed by atoms with Crippen molar-refractivity contribution in [3.05, 3.63) is 46.9 Å². The van der Waals surface area contributed by atoms with Crippen molar-refractivity contribution in [3.63, 3.8) is 0 Å². The lowest BCUT2D eigenvalue weighted by Gasteiger charge is -2.32. The third-order valence-corrected chi connectivity index (χ3v) is 7.31. The van der Waals surface area contributed by atoms with Crippen LogP contribution in [0.4, 0.5) is 0 Å². The Kier molecular flexibility index (Phi) is 8.48. The van der Waals surface area contributed by atoms with Crippen molar-refractivity contribution in [2.24, 2.45) is 18.9 Å². The monoisotopic (exact) mass is 477 g/mol. The lowest BCUT2D eigenvalue weighted by Crippen LogP contribution is -2.33. The highest BCUT2D eigenvalue weighted by atomic mass is 16.5. The first kappa shape index (κ1) is 25.3. The topological polar surface area (TPSA) is 79.2 Å². The Morgan fingerprint density at radius 1 is 1.11 bits per heavy atom. The third-order valence-electron chi connectivity index (χ3n) is 7.31. The zero-order valence-corrected chi connectivity index (χ0v) is 21.6. The van der Waals surface area contributed by atoms with Crippen LogP contribution < -0.4 is 10.1 Å². The lowest BCUT2D eigenvalue weighted by molar-refractivity contribution is 0.169. The summed E-state index contributed by atoms with van der Waals surface area (Å²) in [6, 6.07) is 10.4. The normalized spacial score (nSPS) is 16.7. The summed E-state index contributed by atoms with van der Waals surface area (Å²) >= 11 is 0. The predicted molar refractivity (Wildman–Crippen MR) is 138 cm³/mol. The van der Waals surface area contributed by atoms with E-state index < -0.39 is 0 Å². The van der Waals surface area contributed by atoms with Gasteiger partial charge >= 0.3 is 0 Å². The van der Waals surface area contributed by atoms with Crippen LogP contribution in [0.3, 0.4) is 0 Å². The molecule has 1 aliphatic carbocycles. The fourth-order valence-corrected chi connectivity index (χ4v) is 4.82. The van der Waals surface area contributed by atoms with Gasteiger partial charge in [0.05, 0.1) is 12.3 Å². The minimum atomic E-state index is 0.725. The summed E-state index contributed by atoms with van der Waals surface area (Å²) in [4.78, 5) is 2.50. The molecule has 0 amide bonds. The van der Waals surface area contributed by atoms with Gasteiger partial charge in [0.1, 0.15) is 17.5 Å². The number of rotatable bonds is 8. The molecule has 2 aromatic heterocycles. The molecule has 0 unspecified atom stereocenters. The van der Waals surface area contributed by atoms with Crippen molar-refractivity contribution in [1.82, 2.24) is 19.9 Å². The SMILES string of the molecule is CNC.Cc1c(OCC2CC2)ccc2c(CCC3CCN(Cc4ccc(C#N)n4C)CC3)noc12. The number of hydrogen-bond donors (Lipinski definition) is 1. The molecule has 0 atom stereocenters. The minimum absolute atomic E-state index is 0.725. The summed E-state index contributed by atoms with van der Waals surface area (Å²) in [5.74, 6) is 2.40. The Morgan fingerprint density at radius 2 is 1.86 bits per heavy atom. The van der Waals surface area contributed by atoms with Crippen LogP contribution in [0, 0.1) is 30.1 Å². The van der Waals surface area contributed by atoms with E-state index in [-0.39, 0.29) is 0 Å². The van der Waals surface area contributed by atoms with Crippen molar-refractivity contribution >= 4 is 11.0 Å². The largest absolute Gasteiger partial charge is 0.493 e. The fraction of sp³-hybridized carbons (Fsp3) is 0.571. The van der Waals surface area contributed by atoms with Gasteiger partial charge in [0.2, 0.25) is 0 Å². The number of benzene rings is 1. The van der Waals surface area contributed by atoms with E-state index in [9.17, 15) is 0 Å². The number of nitrogens with zero attached hydrogens (tertiary/aromatic N) is 4. The molecule has 5 rings (SSSR count). The number of nitrogens with one attached hydrogen (secondary N) is 1. The average Bonchev–Trinajstić information content (AvgIpc) is 3.50. The molecule has 2 aliphatic rings. The summed E-state index contributed by atoms with van der Waals surface area (Å²) in [5, 5.41) is 17.4. The van der Waals surface area contributed by atoms with Crippen molar-refractivity contribution in [1.29, 1.82) is 5.26 Å². The van der Waals surface area contributed by atoms with Gasteiger partial charge in [-0.1, -0.05) is 5.16 Å². The number of piperidine rings is 1. The molecule has 1 aliphatic heterocycles. The Labute approximate surface area is 209 Å². The second kappa shape index (κ2) is 11.7. The van der Waals surface area contributed by atoms with Crippen LogP contribution in [0.2, 0.25) is 0 Å². The molecule has 1 saturated heterocycles. The van der Waals surface area contributed by atoms with Gasteiger partial charge in [0, 0.05) is 30.2 Å². The van der Waals surface area contributed by atoms with Gasteiger partial charge in [-0.2, -0.15) is 5.26 Å². The Bertz CT molecular complexity index is 1150. The maximum atomic E-state index is 9.15. The first-order valence-electron chi connectivity index (χ1n) is 12.9. The molecule has 1 aromatic carbocycles. The van der Waals surface area contributed by atoms with Gasteiger partial charge in [-0.15, -0.1) is 0 Å². The Balaban J connectivity index is 0.000000917. The highest BCUT2D eigenvalue weighted by molar-refractivity contribution is 5.84. The zero-order chi connectivity index (χ0) is 24.8. The second-order valence-electron chi connectivity index (χ2n) is 10.1. The number of nitriles is 1. The molecule has 3 aromatic rings. The molecule has 0 bridgehead atoms. The molecule has 1 saturated carbocycles. The highest BCUT2D eigenvalue weighted by Gasteiger charge is 2.24. The van der Waals surface area contributed by atoms with Crippen molar-refractivity contribution in [3.8, 4) is 11.8 Å². The van der Waals surface area contributed by atoms with E-state index in [0.717, 1.165) is 84.6 Å². The molecule has 3 heterocycles. The number of aromatic nitrogens is 2. The molecular formula is C28H39N5O2.